The molecule has 1 aliphatic heterocycles. The summed E-state index contributed by atoms with van der Waals surface area (Å²) in [6, 6.07) is 0. The van der Waals surface area contributed by atoms with Crippen LogP contribution < -0.4 is 10.1 Å². The van der Waals surface area contributed by atoms with E-state index in [1.54, 1.807) is 6.92 Å². The lowest BCUT2D eigenvalue weighted by atomic mass is 9.79. The molecule has 1 atom stereocenters. The van der Waals surface area contributed by atoms with Gasteiger partial charge >= 0.3 is 6.18 Å². The Kier molecular flexibility index (Phi) is 7.33. The number of carbonyl (C=O) groups is 1. The Labute approximate surface area is 209 Å². The molecule has 0 aromatic carbocycles. The quantitative estimate of drug-likeness (QED) is 0.404. The van der Waals surface area contributed by atoms with Gasteiger partial charge in [0, 0.05) is 30.1 Å². The number of carbonyl (C=O) groups excluding carboxylic acids is 1. The number of allylic oxidation sites excluding steroid dienone is 1. The molecule has 4 rings (SSSR count). The molecule has 0 bridgehead atoms. The third kappa shape index (κ3) is 5.36. The summed E-state index contributed by atoms with van der Waals surface area (Å²) < 4.78 is 63.3. The largest absolute Gasteiger partial charge is 0.417 e. The van der Waals surface area contributed by atoms with Gasteiger partial charge in [0.15, 0.2) is 5.82 Å². The maximum absolute atomic E-state index is 15.7. The molecule has 0 radical (unpaired) electrons. The molecule has 2 aromatic heterocycles. The van der Waals surface area contributed by atoms with Crippen molar-refractivity contribution in [2.24, 2.45) is 5.92 Å². The van der Waals surface area contributed by atoms with E-state index in [-0.39, 0.29) is 34.1 Å². The van der Waals surface area contributed by atoms with Crippen LogP contribution in [-0.2, 0) is 22.6 Å². The van der Waals surface area contributed by atoms with Crippen molar-refractivity contribution < 1.29 is 31.8 Å². The average molecular weight is 527 g/mol. The maximum atomic E-state index is 15.7. The topological polar surface area (TPSA) is 86.2 Å². The molecule has 0 spiro atoms. The number of alkyl halides is 3. The first kappa shape index (κ1) is 26.0. The Morgan fingerprint density at radius 2 is 1.92 bits per heavy atom. The molecule has 2 aromatic rings. The zero-order chi connectivity index (χ0) is 26.2. The second-order valence-corrected chi connectivity index (χ2v) is 9.07. The highest BCUT2D eigenvalue weighted by molar-refractivity contribution is 6.28. The van der Waals surface area contributed by atoms with E-state index >= 15 is 4.39 Å². The molecule has 0 saturated carbocycles. The fourth-order valence-corrected chi connectivity index (χ4v) is 4.42. The Morgan fingerprint density at radius 1 is 1.17 bits per heavy atom. The van der Waals surface area contributed by atoms with Gasteiger partial charge in [-0.15, -0.1) is 0 Å². The van der Waals surface area contributed by atoms with Gasteiger partial charge < -0.3 is 14.8 Å². The highest BCUT2D eigenvalue weighted by Gasteiger charge is 2.31. The van der Waals surface area contributed by atoms with Gasteiger partial charge in [0.25, 0.3) is 11.8 Å². The maximum Gasteiger partial charge on any atom is 0.411 e. The number of rotatable bonds is 6. The molecule has 192 valence electrons. The summed E-state index contributed by atoms with van der Waals surface area (Å²) in [5.74, 6) is -1.52. The monoisotopic (exact) mass is 526 g/mol. The predicted octanol–water partition coefficient (Wildman–Crippen LogP) is 5.34. The molecule has 2 aliphatic rings. The summed E-state index contributed by atoms with van der Waals surface area (Å²) in [4.78, 5) is 24.3. The standard InChI is InChI=1S/C24H23ClF4N4O3/c1-11-6-30-20(34)18(12(11)2)16-5-4-14-7-31-22(19(26)17(14)13(16)3)36-21-15(8-32-23(25)33-21)9-35-10-24(27,28)29/h7-8,11H,4-6,9-10H2,1-3H3,(H,30,34). The molecule has 1 amide bonds. The molecular formula is C24H23ClF4N4O3. The SMILES string of the molecule is CC1=C(C2=C(C)C(C)CNC2=O)CCc2cnc(Oc3nc(Cl)ncc3COCC(F)(F)F)c(F)c21. The third-order valence-corrected chi connectivity index (χ3v) is 6.46. The van der Waals surface area contributed by atoms with Crippen molar-refractivity contribution in [1.29, 1.82) is 0 Å². The van der Waals surface area contributed by atoms with Crippen molar-refractivity contribution in [1.82, 2.24) is 20.3 Å². The lowest BCUT2D eigenvalue weighted by molar-refractivity contribution is -0.176. The van der Waals surface area contributed by atoms with E-state index < -0.39 is 31.1 Å². The van der Waals surface area contributed by atoms with Crippen molar-refractivity contribution >= 4 is 23.1 Å². The Morgan fingerprint density at radius 3 is 2.64 bits per heavy atom. The number of ether oxygens (including phenoxy) is 2. The van der Waals surface area contributed by atoms with Crippen molar-refractivity contribution in [3.63, 3.8) is 0 Å². The van der Waals surface area contributed by atoms with Crippen LogP contribution in [0, 0.1) is 11.7 Å². The number of fused-ring (bicyclic) bond motifs is 1. The van der Waals surface area contributed by atoms with Gasteiger partial charge in [-0.25, -0.2) is 14.4 Å². The van der Waals surface area contributed by atoms with E-state index in [0.717, 1.165) is 17.3 Å². The summed E-state index contributed by atoms with van der Waals surface area (Å²) in [5.41, 5.74) is 3.81. The second-order valence-electron chi connectivity index (χ2n) is 8.73. The van der Waals surface area contributed by atoms with Gasteiger partial charge in [-0.05, 0) is 60.9 Å². The number of aryl methyl sites for hydroxylation is 1. The number of pyridine rings is 1. The summed E-state index contributed by atoms with van der Waals surface area (Å²) in [7, 11) is 0. The lowest BCUT2D eigenvalue weighted by Gasteiger charge is -2.29. The first-order valence-corrected chi connectivity index (χ1v) is 11.5. The summed E-state index contributed by atoms with van der Waals surface area (Å²) in [6.45, 7) is 4.18. The predicted molar refractivity (Wildman–Crippen MR) is 123 cm³/mol. The minimum Gasteiger partial charge on any atom is -0.417 e. The number of nitrogens with one attached hydrogen (secondary N) is 1. The van der Waals surface area contributed by atoms with Crippen molar-refractivity contribution in [2.75, 3.05) is 13.2 Å². The molecule has 3 heterocycles. The highest BCUT2D eigenvalue weighted by atomic mass is 35.5. The Hall–Kier alpha value is -3.05. The second kappa shape index (κ2) is 10.1. The minimum atomic E-state index is -4.52. The summed E-state index contributed by atoms with van der Waals surface area (Å²) in [6.07, 6.45) is -0.890. The smallest absolute Gasteiger partial charge is 0.411 e. The first-order valence-electron chi connectivity index (χ1n) is 11.2. The summed E-state index contributed by atoms with van der Waals surface area (Å²) in [5, 5.41) is 2.63. The molecule has 0 fully saturated rings. The van der Waals surface area contributed by atoms with Gasteiger partial charge in [-0.3, -0.25) is 4.79 Å². The van der Waals surface area contributed by atoms with Crippen LogP contribution >= 0.6 is 11.6 Å². The van der Waals surface area contributed by atoms with Gasteiger partial charge in [0.05, 0.1) is 12.2 Å². The van der Waals surface area contributed by atoms with Crippen LogP contribution in [0.1, 0.15) is 43.9 Å². The van der Waals surface area contributed by atoms with Crippen LogP contribution in [0.2, 0.25) is 5.28 Å². The number of nitrogens with zero attached hydrogens (tertiary/aromatic N) is 3. The number of aromatic nitrogens is 3. The molecule has 7 nitrogen and oxygen atoms in total. The van der Waals surface area contributed by atoms with Crippen LogP contribution in [0.15, 0.2) is 29.1 Å². The molecule has 0 saturated heterocycles. The zero-order valence-corrected chi connectivity index (χ0v) is 20.5. The molecule has 36 heavy (non-hydrogen) atoms. The van der Waals surface area contributed by atoms with E-state index in [4.69, 9.17) is 16.3 Å². The van der Waals surface area contributed by atoms with Gasteiger partial charge in [-0.1, -0.05) is 12.5 Å². The fraction of sp³-hybridized carbons (Fsp3) is 0.417. The van der Waals surface area contributed by atoms with Crippen molar-refractivity contribution in [3.8, 4) is 11.8 Å². The van der Waals surface area contributed by atoms with Crippen LogP contribution in [0.3, 0.4) is 0 Å². The van der Waals surface area contributed by atoms with E-state index in [2.05, 4.69) is 25.0 Å². The Bertz CT molecular complexity index is 1280. The van der Waals surface area contributed by atoms with Gasteiger partial charge in [0.2, 0.25) is 11.2 Å². The number of hydrogen-bond donors (Lipinski definition) is 1. The van der Waals surface area contributed by atoms with E-state index in [9.17, 15) is 18.0 Å². The van der Waals surface area contributed by atoms with E-state index in [0.29, 0.717) is 36.1 Å². The molecule has 12 heteroatoms. The van der Waals surface area contributed by atoms with Crippen molar-refractivity contribution in [3.05, 3.63) is 56.9 Å². The summed E-state index contributed by atoms with van der Waals surface area (Å²) >= 11 is 5.82. The van der Waals surface area contributed by atoms with Crippen molar-refractivity contribution in [2.45, 2.75) is 46.4 Å². The normalized spacial score (nSPS) is 18.3. The third-order valence-electron chi connectivity index (χ3n) is 6.28. The van der Waals surface area contributed by atoms with Crippen LogP contribution in [-0.4, -0.2) is 40.2 Å². The van der Waals surface area contributed by atoms with Gasteiger partial charge in [-0.2, -0.15) is 18.2 Å². The fourth-order valence-electron chi connectivity index (χ4n) is 4.30. The van der Waals surface area contributed by atoms with Crippen LogP contribution in [0.25, 0.3) is 5.57 Å². The Balaban J connectivity index is 1.70. The average Bonchev–Trinajstić information content (AvgIpc) is 2.80. The van der Waals surface area contributed by atoms with Crippen LogP contribution in [0.4, 0.5) is 17.6 Å². The molecule has 1 aliphatic carbocycles. The lowest BCUT2D eigenvalue weighted by Crippen LogP contribution is -2.37. The highest BCUT2D eigenvalue weighted by Crippen LogP contribution is 2.41. The van der Waals surface area contributed by atoms with Crippen LogP contribution in [0.5, 0.6) is 11.8 Å². The minimum absolute atomic E-state index is 0.0316. The van der Waals surface area contributed by atoms with Gasteiger partial charge in [0.1, 0.15) is 6.61 Å². The molecular weight excluding hydrogens is 504 g/mol. The molecule has 1 unspecified atom stereocenters. The van der Waals surface area contributed by atoms with E-state index in [1.807, 2.05) is 13.8 Å². The number of hydrogen-bond acceptors (Lipinski definition) is 6. The first-order chi connectivity index (χ1) is 17.0. The van der Waals surface area contributed by atoms with E-state index in [1.165, 1.54) is 6.20 Å². The molecule has 1 N–H and O–H groups in total. The number of halogens is 5. The number of amides is 1. The zero-order valence-electron chi connectivity index (χ0n) is 19.7.